The Morgan fingerprint density at radius 2 is 1.89 bits per heavy atom. The standard InChI is InChI=1S/C13H18BrFN2O2/c1-18-12-9(8-17-5-3-16-4-6-17)7-10(15)13(19-2)11(12)14/h7,16H,3-6,8H2,1-2H3. The number of ether oxygens (including phenoxy) is 2. The van der Waals surface area contributed by atoms with Gasteiger partial charge in [0.25, 0.3) is 0 Å². The van der Waals surface area contributed by atoms with Crippen LogP contribution >= 0.6 is 15.9 Å². The number of hydrogen-bond acceptors (Lipinski definition) is 4. The SMILES string of the molecule is COc1c(F)cc(CN2CCNCC2)c(OC)c1Br. The molecule has 0 unspecified atom stereocenters. The Bertz CT molecular complexity index is 451. The van der Waals surface area contributed by atoms with Gasteiger partial charge in [0.15, 0.2) is 11.6 Å². The summed E-state index contributed by atoms with van der Waals surface area (Å²) in [5.41, 5.74) is 0.828. The maximum Gasteiger partial charge on any atom is 0.172 e. The molecule has 106 valence electrons. The van der Waals surface area contributed by atoms with Crippen LogP contribution in [0, 0.1) is 5.82 Å². The second-order valence-corrected chi connectivity index (χ2v) is 5.22. The van der Waals surface area contributed by atoms with Crippen LogP contribution in [-0.2, 0) is 6.54 Å². The van der Waals surface area contributed by atoms with Gasteiger partial charge in [0.05, 0.1) is 14.2 Å². The van der Waals surface area contributed by atoms with E-state index in [0.717, 1.165) is 31.7 Å². The van der Waals surface area contributed by atoms with Crippen LogP contribution in [0.3, 0.4) is 0 Å². The summed E-state index contributed by atoms with van der Waals surface area (Å²) in [4.78, 5) is 2.27. The predicted octanol–water partition coefficient (Wildman–Crippen LogP) is 2.01. The third-order valence-electron chi connectivity index (χ3n) is 3.22. The van der Waals surface area contributed by atoms with E-state index in [9.17, 15) is 4.39 Å². The number of hydrogen-bond donors (Lipinski definition) is 1. The maximum absolute atomic E-state index is 13.9. The summed E-state index contributed by atoms with van der Waals surface area (Å²) in [6.07, 6.45) is 0. The summed E-state index contributed by atoms with van der Waals surface area (Å²) >= 11 is 3.35. The van der Waals surface area contributed by atoms with E-state index >= 15 is 0 Å². The van der Waals surface area contributed by atoms with Gasteiger partial charge < -0.3 is 14.8 Å². The summed E-state index contributed by atoms with van der Waals surface area (Å²) in [5.74, 6) is 0.443. The summed E-state index contributed by atoms with van der Waals surface area (Å²) in [6.45, 7) is 4.50. The minimum absolute atomic E-state index is 0.181. The first-order chi connectivity index (χ1) is 9.17. The topological polar surface area (TPSA) is 33.7 Å². The van der Waals surface area contributed by atoms with E-state index in [-0.39, 0.29) is 11.6 Å². The van der Waals surface area contributed by atoms with Gasteiger partial charge >= 0.3 is 0 Å². The Labute approximate surface area is 121 Å². The molecular weight excluding hydrogens is 315 g/mol. The van der Waals surface area contributed by atoms with E-state index in [0.29, 0.717) is 16.8 Å². The average molecular weight is 333 g/mol. The second-order valence-electron chi connectivity index (χ2n) is 4.42. The fraction of sp³-hybridized carbons (Fsp3) is 0.538. The van der Waals surface area contributed by atoms with Crippen molar-refractivity contribution in [2.75, 3.05) is 40.4 Å². The lowest BCUT2D eigenvalue weighted by atomic mass is 10.1. The number of piperazine rings is 1. The highest BCUT2D eigenvalue weighted by Crippen LogP contribution is 2.39. The van der Waals surface area contributed by atoms with E-state index in [1.165, 1.54) is 13.2 Å². The Morgan fingerprint density at radius 1 is 1.26 bits per heavy atom. The van der Waals surface area contributed by atoms with Gasteiger partial charge in [-0.15, -0.1) is 0 Å². The summed E-state index contributed by atoms with van der Waals surface area (Å²) in [6, 6.07) is 1.49. The number of halogens is 2. The minimum atomic E-state index is -0.375. The van der Waals surface area contributed by atoms with Crippen molar-refractivity contribution < 1.29 is 13.9 Å². The minimum Gasteiger partial charge on any atom is -0.495 e. The van der Waals surface area contributed by atoms with Crippen molar-refractivity contribution in [1.29, 1.82) is 0 Å². The lowest BCUT2D eigenvalue weighted by Crippen LogP contribution is -2.42. The highest BCUT2D eigenvalue weighted by Gasteiger charge is 2.20. The molecule has 0 atom stereocenters. The van der Waals surface area contributed by atoms with Crippen LogP contribution in [-0.4, -0.2) is 45.3 Å². The molecular formula is C13H18BrFN2O2. The number of nitrogens with one attached hydrogen (secondary N) is 1. The van der Waals surface area contributed by atoms with E-state index in [1.54, 1.807) is 7.11 Å². The van der Waals surface area contributed by atoms with Crippen LogP contribution in [0.4, 0.5) is 4.39 Å². The number of rotatable bonds is 4. The summed E-state index contributed by atoms with van der Waals surface area (Å²) in [7, 11) is 3.03. The molecule has 1 saturated heterocycles. The van der Waals surface area contributed by atoms with E-state index in [4.69, 9.17) is 9.47 Å². The fourth-order valence-corrected chi connectivity index (χ4v) is 3.04. The normalized spacial score (nSPS) is 16.4. The Balaban J connectivity index is 2.28. The Morgan fingerprint density at radius 3 is 2.47 bits per heavy atom. The van der Waals surface area contributed by atoms with Crippen LogP contribution in [0.15, 0.2) is 10.5 Å². The largest absolute Gasteiger partial charge is 0.495 e. The van der Waals surface area contributed by atoms with Crippen molar-refractivity contribution >= 4 is 15.9 Å². The molecule has 6 heteroatoms. The van der Waals surface area contributed by atoms with E-state index in [1.807, 2.05) is 0 Å². The predicted molar refractivity (Wildman–Crippen MR) is 75.4 cm³/mol. The molecule has 1 aliphatic rings. The van der Waals surface area contributed by atoms with Crippen LogP contribution in [0.25, 0.3) is 0 Å². The van der Waals surface area contributed by atoms with Gasteiger partial charge in [-0.3, -0.25) is 4.90 Å². The molecule has 1 aromatic rings. The van der Waals surface area contributed by atoms with Crippen LogP contribution in [0.1, 0.15) is 5.56 Å². The van der Waals surface area contributed by atoms with E-state index < -0.39 is 0 Å². The van der Waals surface area contributed by atoms with Crippen molar-refractivity contribution in [2.45, 2.75) is 6.54 Å². The molecule has 1 aliphatic heterocycles. The number of nitrogens with zero attached hydrogens (tertiary/aromatic N) is 1. The zero-order chi connectivity index (χ0) is 13.8. The van der Waals surface area contributed by atoms with Crippen molar-refractivity contribution in [3.05, 3.63) is 21.9 Å². The third kappa shape index (κ3) is 3.19. The van der Waals surface area contributed by atoms with Gasteiger partial charge in [0.1, 0.15) is 10.2 Å². The van der Waals surface area contributed by atoms with Gasteiger partial charge in [-0.05, 0) is 22.0 Å². The van der Waals surface area contributed by atoms with Crippen LogP contribution in [0.5, 0.6) is 11.5 Å². The molecule has 2 rings (SSSR count). The second kappa shape index (κ2) is 6.54. The molecule has 0 saturated carbocycles. The van der Waals surface area contributed by atoms with Gasteiger partial charge in [-0.1, -0.05) is 0 Å². The molecule has 0 spiro atoms. The molecule has 1 fully saturated rings. The molecule has 19 heavy (non-hydrogen) atoms. The molecule has 0 aliphatic carbocycles. The van der Waals surface area contributed by atoms with Gasteiger partial charge in [-0.25, -0.2) is 4.39 Å². The molecule has 1 N–H and O–H groups in total. The molecule has 0 bridgehead atoms. The van der Waals surface area contributed by atoms with Crippen molar-refractivity contribution in [1.82, 2.24) is 10.2 Å². The maximum atomic E-state index is 13.9. The first-order valence-corrected chi connectivity index (χ1v) is 6.98. The van der Waals surface area contributed by atoms with Gasteiger partial charge in [-0.2, -0.15) is 0 Å². The zero-order valence-corrected chi connectivity index (χ0v) is 12.7. The van der Waals surface area contributed by atoms with E-state index in [2.05, 4.69) is 26.1 Å². The van der Waals surface area contributed by atoms with Crippen LogP contribution in [0.2, 0.25) is 0 Å². The lowest BCUT2D eigenvalue weighted by Gasteiger charge is -2.28. The fourth-order valence-electron chi connectivity index (χ4n) is 2.27. The highest BCUT2D eigenvalue weighted by molar-refractivity contribution is 9.10. The Kier molecular flexibility index (Phi) is 5.01. The summed E-state index contributed by atoms with van der Waals surface area (Å²) in [5, 5.41) is 3.29. The average Bonchev–Trinajstić information content (AvgIpc) is 2.40. The smallest absolute Gasteiger partial charge is 0.172 e. The third-order valence-corrected chi connectivity index (χ3v) is 3.94. The molecule has 0 amide bonds. The van der Waals surface area contributed by atoms with Gasteiger partial charge in [0, 0.05) is 38.3 Å². The van der Waals surface area contributed by atoms with Crippen molar-refractivity contribution in [3.8, 4) is 11.5 Å². The monoisotopic (exact) mass is 332 g/mol. The zero-order valence-electron chi connectivity index (χ0n) is 11.1. The molecule has 0 aromatic heterocycles. The van der Waals surface area contributed by atoms with Crippen molar-refractivity contribution in [3.63, 3.8) is 0 Å². The highest BCUT2D eigenvalue weighted by atomic mass is 79.9. The molecule has 1 heterocycles. The first kappa shape index (κ1) is 14.6. The van der Waals surface area contributed by atoms with Crippen LogP contribution < -0.4 is 14.8 Å². The lowest BCUT2D eigenvalue weighted by molar-refractivity contribution is 0.229. The Hall–Kier alpha value is -0.850. The summed E-state index contributed by atoms with van der Waals surface area (Å²) < 4.78 is 24.9. The first-order valence-electron chi connectivity index (χ1n) is 6.19. The quantitative estimate of drug-likeness (QED) is 0.914. The van der Waals surface area contributed by atoms with Crippen molar-refractivity contribution in [2.24, 2.45) is 0 Å². The number of benzene rings is 1. The molecule has 4 nitrogen and oxygen atoms in total. The molecule has 0 radical (unpaired) electrons. The molecule has 1 aromatic carbocycles. The van der Waals surface area contributed by atoms with Gasteiger partial charge in [0.2, 0.25) is 0 Å². The number of methoxy groups -OCH3 is 2.